The standard InChI is InChI=1S/C10H20O2/c1-8(2)7-10(9(3)4)11-5-6-12-10/h8-9H,5-7H2,1-4H3. The fraction of sp³-hybridized carbons (Fsp3) is 1.00. The second-order valence-electron chi connectivity index (χ2n) is 4.26. The third-order valence-corrected chi connectivity index (χ3v) is 2.35. The van der Waals surface area contributed by atoms with Crippen molar-refractivity contribution >= 4 is 0 Å². The van der Waals surface area contributed by atoms with E-state index in [-0.39, 0.29) is 5.79 Å². The molecule has 1 fully saturated rings. The van der Waals surface area contributed by atoms with Crippen molar-refractivity contribution in [1.29, 1.82) is 0 Å². The Kier molecular flexibility index (Phi) is 3.13. The van der Waals surface area contributed by atoms with Gasteiger partial charge in [-0.2, -0.15) is 0 Å². The van der Waals surface area contributed by atoms with Crippen LogP contribution in [0.1, 0.15) is 34.1 Å². The van der Waals surface area contributed by atoms with Crippen molar-refractivity contribution in [1.82, 2.24) is 0 Å². The Morgan fingerprint density at radius 2 is 1.58 bits per heavy atom. The molecule has 0 aromatic carbocycles. The van der Waals surface area contributed by atoms with E-state index in [0.717, 1.165) is 19.6 Å². The summed E-state index contributed by atoms with van der Waals surface area (Å²) in [4.78, 5) is 0. The molecule has 0 unspecified atom stereocenters. The summed E-state index contributed by atoms with van der Waals surface area (Å²) >= 11 is 0. The van der Waals surface area contributed by atoms with Crippen LogP contribution in [0.3, 0.4) is 0 Å². The van der Waals surface area contributed by atoms with Crippen LogP contribution in [0.5, 0.6) is 0 Å². The van der Waals surface area contributed by atoms with E-state index in [9.17, 15) is 0 Å². The van der Waals surface area contributed by atoms with Gasteiger partial charge in [0.25, 0.3) is 0 Å². The zero-order valence-electron chi connectivity index (χ0n) is 8.59. The van der Waals surface area contributed by atoms with E-state index in [4.69, 9.17) is 9.47 Å². The van der Waals surface area contributed by atoms with Gasteiger partial charge in [0.2, 0.25) is 0 Å². The molecule has 1 heterocycles. The first-order chi connectivity index (χ1) is 5.57. The van der Waals surface area contributed by atoms with Crippen LogP contribution < -0.4 is 0 Å². The molecule has 2 heteroatoms. The smallest absolute Gasteiger partial charge is 0.170 e. The molecule has 0 bridgehead atoms. The number of rotatable bonds is 3. The van der Waals surface area contributed by atoms with Crippen molar-refractivity contribution in [2.24, 2.45) is 11.8 Å². The highest BCUT2D eigenvalue weighted by Crippen LogP contribution is 2.33. The average molecular weight is 172 g/mol. The normalized spacial score (nSPS) is 22.5. The fourth-order valence-corrected chi connectivity index (χ4v) is 1.73. The Bertz CT molecular complexity index is 135. The first-order valence-corrected chi connectivity index (χ1v) is 4.85. The molecule has 1 aliphatic rings. The SMILES string of the molecule is CC(C)CC1(C(C)C)OCCO1. The summed E-state index contributed by atoms with van der Waals surface area (Å²) < 4.78 is 11.4. The topological polar surface area (TPSA) is 18.5 Å². The first-order valence-electron chi connectivity index (χ1n) is 4.85. The molecule has 0 aromatic heterocycles. The van der Waals surface area contributed by atoms with Crippen LogP contribution in [-0.2, 0) is 9.47 Å². The Balaban J connectivity index is 2.59. The average Bonchev–Trinajstić information content (AvgIpc) is 2.35. The van der Waals surface area contributed by atoms with Gasteiger partial charge in [-0.05, 0) is 5.92 Å². The Hall–Kier alpha value is -0.0800. The molecule has 0 N–H and O–H groups in total. The van der Waals surface area contributed by atoms with Gasteiger partial charge in [-0.25, -0.2) is 0 Å². The Labute approximate surface area is 75.2 Å². The highest BCUT2D eigenvalue weighted by molar-refractivity contribution is 4.78. The molecule has 2 nitrogen and oxygen atoms in total. The molecule has 1 saturated heterocycles. The van der Waals surface area contributed by atoms with Crippen molar-refractivity contribution in [3.05, 3.63) is 0 Å². The van der Waals surface area contributed by atoms with E-state index in [2.05, 4.69) is 27.7 Å². The monoisotopic (exact) mass is 172 g/mol. The van der Waals surface area contributed by atoms with Crippen LogP contribution in [0.2, 0.25) is 0 Å². The third kappa shape index (κ3) is 1.99. The molecule has 0 radical (unpaired) electrons. The van der Waals surface area contributed by atoms with Gasteiger partial charge in [-0.1, -0.05) is 27.7 Å². The minimum absolute atomic E-state index is 0.284. The van der Waals surface area contributed by atoms with Crippen molar-refractivity contribution in [3.8, 4) is 0 Å². The van der Waals surface area contributed by atoms with Gasteiger partial charge in [0, 0.05) is 12.3 Å². The molecule has 0 spiro atoms. The number of ether oxygens (including phenoxy) is 2. The maximum Gasteiger partial charge on any atom is 0.170 e. The summed E-state index contributed by atoms with van der Waals surface area (Å²) in [5.74, 6) is 0.793. The van der Waals surface area contributed by atoms with Gasteiger partial charge < -0.3 is 9.47 Å². The van der Waals surface area contributed by atoms with Gasteiger partial charge in [0.15, 0.2) is 5.79 Å². The summed E-state index contributed by atoms with van der Waals surface area (Å²) in [5.41, 5.74) is 0. The van der Waals surface area contributed by atoms with Gasteiger partial charge in [0.05, 0.1) is 13.2 Å². The first kappa shape index (κ1) is 10.0. The Morgan fingerprint density at radius 1 is 1.08 bits per heavy atom. The summed E-state index contributed by atoms with van der Waals surface area (Å²) in [7, 11) is 0. The lowest BCUT2D eigenvalue weighted by molar-refractivity contribution is -0.197. The highest BCUT2D eigenvalue weighted by atomic mass is 16.7. The second kappa shape index (κ2) is 3.75. The molecular weight excluding hydrogens is 152 g/mol. The maximum absolute atomic E-state index is 5.69. The lowest BCUT2D eigenvalue weighted by Gasteiger charge is -2.32. The maximum atomic E-state index is 5.69. The van der Waals surface area contributed by atoms with E-state index in [1.807, 2.05) is 0 Å². The van der Waals surface area contributed by atoms with Crippen molar-refractivity contribution in [3.63, 3.8) is 0 Å². The van der Waals surface area contributed by atoms with Gasteiger partial charge in [-0.3, -0.25) is 0 Å². The molecule has 12 heavy (non-hydrogen) atoms. The van der Waals surface area contributed by atoms with Crippen LogP contribution in [-0.4, -0.2) is 19.0 Å². The van der Waals surface area contributed by atoms with Crippen molar-refractivity contribution in [2.75, 3.05) is 13.2 Å². The number of hydrogen-bond acceptors (Lipinski definition) is 2. The molecule has 72 valence electrons. The van der Waals surface area contributed by atoms with E-state index < -0.39 is 0 Å². The van der Waals surface area contributed by atoms with Gasteiger partial charge >= 0.3 is 0 Å². The summed E-state index contributed by atoms with van der Waals surface area (Å²) in [5, 5.41) is 0. The lowest BCUT2D eigenvalue weighted by atomic mass is 9.93. The largest absolute Gasteiger partial charge is 0.347 e. The van der Waals surface area contributed by atoms with E-state index >= 15 is 0 Å². The van der Waals surface area contributed by atoms with Crippen LogP contribution in [0.15, 0.2) is 0 Å². The van der Waals surface area contributed by atoms with E-state index in [0.29, 0.717) is 11.8 Å². The molecule has 0 aromatic rings. The summed E-state index contributed by atoms with van der Waals surface area (Å²) in [6.45, 7) is 10.2. The molecule has 1 aliphatic heterocycles. The van der Waals surface area contributed by atoms with Crippen LogP contribution in [0.25, 0.3) is 0 Å². The van der Waals surface area contributed by atoms with E-state index in [1.165, 1.54) is 0 Å². The molecule has 0 amide bonds. The van der Waals surface area contributed by atoms with Gasteiger partial charge in [0.1, 0.15) is 0 Å². The van der Waals surface area contributed by atoms with Crippen molar-refractivity contribution in [2.45, 2.75) is 39.9 Å². The summed E-state index contributed by atoms with van der Waals surface area (Å²) in [6, 6.07) is 0. The quantitative estimate of drug-likeness (QED) is 0.651. The summed E-state index contributed by atoms with van der Waals surface area (Å²) in [6.07, 6.45) is 1.00. The Morgan fingerprint density at radius 3 is 1.92 bits per heavy atom. The molecule has 0 aliphatic carbocycles. The van der Waals surface area contributed by atoms with E-state index in [1.54, 1.807) is 0 Å². The van der Waals surface area contributed by atoms with Crippen LogP contribution in [0, 0.1) is 11.8 Å². The number of hydrogen-bond donors (Lipinski definition) is 0. The molecule has 0 saturated carbocycles. The van der Waals surface area contributed by atoms with Crippen LogP contribution in [0.4, 0.5) is 0 Å². The lowest BCUT2D eigenvalue weighted by Crippen LogP contribution is -2.37. The zero-order chi connectivity index (χ0) is 9.19. The predicted molar refractivity (Wildman–Crippen MR) is 48.9 cm³/mol. The minimum Gasteiger partial charge on any atom is -0.347 e. The second-order valence-corrected chi connectivity index (χ2v) is 4.26. The predicted octanol–water partition coefficient (Wildman–Crippen LogP) is 2.43. The minimum atomic E-state index is -0.284. The zero-order valence-corrected chi connectivity index (χ0v) is 8.59. The highest BCUT2D eigenvalue weighted by Gasteiger charge is 2.39. The third-order valence-electron chi connectivity index (χ3n) is 2.35. The van der Waals surface area contributed by atoms with Gasteiger partial charge in [-0.15, -0.1) is 0 Å². The van der Waals surface area contributed by atoms with Crippen molar-refractivity contribution < 1.29 is 9.47 Å². The molecule has 1 rings (SSSR count). The molecular formula is C10H20O2. The van der Waals surface area contributed by atoms with Crippen LogP contribution >= 0.6 is 0 Å². The fourth-order valence-electron chi connectivity index (χ4n) is 1.73. The molecule has 0 atom stereocenters.